The number of piperazine rings is 1. The van der Waals surface area contributed by atoms with Gasteiger partial charge in [-0.25, -0.2) is 13.2 Å². The first kappa shape index (κ1) is 28.3. The highest BCUT2D eigenvalue weighted by Crippen LogP contribution is 2.37. The first-order valence-electron chi connectivity index (χ1n) is 14.9. The second-order valence-corrected chi connectivity index (χ2v) is 12.5. The number of aryl methyl sites for hydroxylation is 1. The van der Waals surface area contributed by atoms with E-state index in [2.05, 4.69) is 45.5 Å². The van der Waals surface area contributed by atoms with Crippen molar-refractivity contribution in [1.29, 1.82) is 0 Å². The van der Waals surface area contributed by atoms with Gasteiger partial charge in [0.15, 0.2) is 28.1 Å². The van der Waals surface area contributed by atoms with Crippen LogP contribution in [0.25, 0.3) is 44.2 Å². The van der Waals surface area contributed by atoms with E-state index in [9.17, 15) is 4.21 Å². The van der Waals surface area contributed by atoms with E-state index < -0.39 is 11.0 Å². The lowest BCUT2D eigenvalue weighted by Crippen LogP contribution is -2.44. The van der Waals surface area contributed by atoms with Gasteiger partial charge in [0.2, 0.25) is 0 Å². The Hall–Kier alpha value is -4.44. The number of hydrogen-bond acceptors (Lipinski definition) is 6. The number of benzene rings is 3. The molecule has 1 aliphatic heterocycles. The molecule has 1 aliphatic rings. The summed E-state index contributed by atoms with van der Waals surface area (Å²) in [6.07, 6.45) is 5.74. The average molecular weight is 606 g/mol. The van der Waals surface area contributed by atoms with Crippen molar-refractivity contribution in [3.05, 3.63) is 97.0 Å². The van der Waals surface area contributed by atoms with Crippen LogP contribution in [0, 0.1) is 6.92 Å². The van der Waals surface area contributed by atoms with Gasteiger partial charge in [-0.2, -0.15) is 0 Å². The number of fused-ring (bicyclic) bond motifs is 2. The molecule has 1 atom stereocenters. The summed E-state index contributed by atoms with van der Waals surface area (Å²) in [6, 6.07) is 24.3. The monoisotopic (exact) mass is 605 g/mol. The first-order valence-corrected chi connectivity index (χ1v) is 16.0. The number of aromatic nitrogens is 3. The van der Waals surface area contributed by atoms with Crippen LogP contribution < -0.4 is 14.8 Å². The van der Waals surface area contributed by atoms with Gasteiger partial charge in [0.1, 0.15) is 6.61 Å². The molecule has 3 aromatic carbocycles. The molecule has 44 heavy (non-hydrogen) atoms. The van der Waals surface area contributed by atoms with Gasteiger partial charge < -0.3 is 19.8 Å². The topological polar surface area (TPSA) is 84.4 Å². The predicted molar refractivity (Wildman–Crippen MR) is 177 cm³/mol. The Balaban J connectivity index is 1.25. The number of aromatic amines is 1. The summed E-state index contributed by atoms with van der Waals surface area (Å²) in [7, 11) is 0.204. The molecule has 0 radical (unpaired) electrons. The number of ether oxygens (including phenoxy) is 2. The van der Waals surface area contributed by atoms with Gasteiger partial charge in [-0.1, -0.05) is 29.8 Å². The van der Waals surface area contributed by atoms with Gasteiger partial charge in [-0.3, -0.25) is 4.90 Å². The number of nitrogens with zero attached hydrogens (tertiary/aromatic N) is 3. The largest absolute Gasteiger partial charge is 0.493 e. The highest BCUT2D eigenvalue weighted by Gasteiger charge is 2.19. The Morgan fingerprint density at radius 3 is 2.55 bits per heavy atom. The normalized spacial score (nSPS) is 14.7. The summed E-state index contributed by atoms with van der Waals surface area (Å²) in [5.74, 6) is 1.40. The highest BCUT2D eigenvalue weighted by atomic mass is 32.2. The number of hydrogen-bond donors (Lipinski definition) is 2. The zero-order valence-electron chi connectivity index (χ0n) is 24.9. The van der Waals surface area contributed by atoms with Crippen LogP contribution >= 0.6 is 0 Å². The standard InChI is InChI=1S/C35H35N5O3S/c1-24-3-7-29(8-4-24)44(41)40-23-31(26-5-9-32-27(19-26)11-12-37-32)30-20-28(22-38-35(30)40)25-6-10-33(34(21-25)42-2)43-18-17-39-15-13-36-14-16-39/h3-12,19-23,36-37H,13-18H2,1-2H3. The first-order chi connectivity index (χ1) is 21.6. The van der Waals surface area contributed by atoms with Crippen LogP contribution in [0.15, 0.2) is 96.3 Å². The van der Waals surface area contributed by atoms with Crippen LogP contribution in [0.2, 0.25) is 0 Å². The Morgan fingerprint density at radius 2 is 1.73 bits per heavy atom. The van der Waals surface area contributed by atoms with Gasteiger partial charge >= 0.3 is 0 Å². The summed E-state index contributed by atoms with van der Waals surface area (Å²) in [5, 5.41) is 5.42. The molecule has 6 aromatic rings. The van der Waals surface area contributed by atoms with Crippen LogP contribution in [0.4, 0.5) is 0 Å². The molecule has 8 nitrogen and oxygen atoms in total. The minimum Gasteiger partial charge on any atom is -0.493 e. The summed E-state index contributed by atoms with van der Waals surface area (Å²) in [6.45, 7) is 7.62. The minimum absolute atomic E-state index is 0.601. The van der Waals surface area contributed by atoms with Crippen LogP contribution in [0.3, 0.4) is 0 Å². The van der Waals surface area contributed by atoms with Gasteiger partial charge in [-0.05, 0) is 72.0 Å². The fraction of sp³-hybridized carbons (Fsp3) is 0.229. The summed E-state index contributed by atoms with van der Waals surface area (Å²) < 4.78 is 27.5. The van der Waals surface area contributed by atoms with Crippen molar-refractivity contribution in [1.82, 2.24) is 24.2 Å². The van der Waals surface area contributed by atoms with E-state index in [1.54, 1.807) is 11.1 Å². The molecule has 224 valence electrons. The molecule has 0 amide bonds. The van der Waals surface area contributed by atoms with Crippen LogP contribution in [0.5, 0.6) is 11.5 Å². The third kappa shape index (κ3) is 5.61. The van der Waals surface area contributed by atoms with Gasteiger partial charge in [0.25, 0.3) is 0 Å². The lowest BCUT2D eigenvalue weighted by Gasteiger charge is -2.27. The van der Waals surface area contributed by atoms with Crippen LogP contribution in [-0.2, 0) is 11.0 Å². The molecule has 2 N–H and O–H groups in total. The molecule has 1 fully saturated rings. The van der Waals surface area contributed by atoms with E-state index in [0.29, 0.717) is 18.0 Å². The van der Waals surface area contributed by atoms with Crippen LogP contribution in [0.1, 0.15) is 5.56 Å². The molecule has 1 unspecified atom stereocenters. The maximum Gasteiger partial charge on any atom is 0.161 e. The maximum absolute atomic E-state index is 13.8. The Kier molecular flexibility index (Phi) is 7.91. The third-order valence-corrected chi connectivity index (χ3v) is 9.56. The van der Waals surface area contributed by atoms with Crippen molar-refractivity contribution in [2.75, 3.05) is 46.4 Å². The molecule has 4 heterocycles. The Bertz CT molecular complexity index is 1960. The minimum atomic E-state index is -1.46. The Labute approximate surface area is 259 Å². The van der Waals surface area contributed by atoms with E-state index in [0.717, 1.165) is 87.5 Å². The molecule has 0 aliphatic carbocycles. The second kappa shape index (κ2) is 12.3. The molecule has 9 heteroatoms. The average Bonchev–Trinajstić information content (AvgIpc) is 3.69. The number of nitrogens with one attached hydrogen (secondary N) is 2. The number of H-pyrrole nitrogens is 1. The van der Waals surface area contributed by atoms with E-state index >= 15 is 0 Å². The van der Waals surface area contributed by atoms with E-state index in [-0.39, 0.29) is 0 Å². The molecule has 1 saturated heterocycles. The molecule has 0 saturated carbocycles. The SMILES string of the molecule is COc1cc(-c2cnc3c(c2)c(-c2ccc4[nH]ccc4c2)cn3S(=O)c2ccc(C)cc2)ccc1OCCN1CCNCC1. The fourth-order valence-corrected chi connectivity index (χ4v) is 6.87. The second-order valence-electron chi connectivity index (χ2n) is 11.1. The highest BCUT2D eigenvalue weighted by molar-refractivity contribution is 7.83. The lowest BCUT2D eigenvalue weighted by molar-refractivity contribution is 0.188. The van der Waals surface area contributed by atoms with Crippen LogP contribution in [-0.4, -0.2) is 69.5 Å². The zero-order valence-corrected chi connectivity index (χ0v) is 25.7. The molecular formula is C35H35N5O3S. The van der Waals surface area contributed by atoms with Gasteiger partial charge in [0.05, 0.1) is 12.0 Å². The molecular weight excluding hydrogens is 570 g/mol. The van der Waals surface area contributed by atoms with Gasteiger partial charge in [0, 0.05) is 73.3 Å². The van der Waals surface area contributed by atoms with E-state index in [4.69, 9.17) is 14.5 Å². The Morgan fingerprint density at radius 1 is 0.909 bits per heavy atom. The number of pyridine rings is 1. The molecule has 3 aromatic heterocycles. The van der Waals surface area contributed by atoms with E-state index in [1.165, 1.54) is 0 Å². The fourth-order valence-electron chi connectivity index (χ4n) is 5.77. The maximum atomic E-state index is 13.8. The number of methoxy groups -OCH3 is 1. The summed E-state index contributed by atoms with van der Waals surface area (Å²) >= 11 is 0. The molecule has 7 rings (SSSR count). The van der Waals surface area contributed by atoms with Crippen molar-refractivity contribution in [3.8, 4) is 33.8 Å². The van der Waals surface area contributed by atoms with E-state index in [1.807, 2.05) is 68.0 Å². The van der Waals surface area contributed by atoms with Crippen molar-refractivity contribution < 1.29 is 13.7 Å². The molecule has 0 bridgehead atoms. The van der Waals surface area contributed by atoms with Gasteiger partial charge in [-0.15, -0.1) is 0 Å². The zero-order chi connectivity index (χ0) is 30.0. The van der Waals surface area contributed by atoms with Crippen molar-refractivity contribution in [2.45, 2.75) is 11.8 Å². The van der Waals surface area contributed by atoms with Crippen molar-refractivity contribution in [3.63, 3.8) is 0 Å². The lowest BCUT2D eigenvalue weighted by atomic mass is 10.0. The summed E-state index contributed by atoms with van der Waals surface area (Å²) in [5.41, 5.74) is 6.76. The quantitative estimate of drug-likeness (QED) is 0.210. The van der Waals surface area contributed by atoms with Crippen molar-refractivity contribution >= 4 is 32.9 Å². The molecule has 0 spiro atoms. The number of rotatable bonds is 9. The summed E-state index contributed by atoms with van der Waals surface area (Å²) in [4.78, 5) is 11.3. The predicted octanol–water partition coefficient (Wildman–Crippen LogP) is 6.02. The van der Waals surface area contributed by atoms with Crippen molar-refractivity contribution in [2.24, 2.45) is 0 Å². The smallest absolute Gasteiger partial charge is 0.161 e. The third-order valence-electron chi connectivity index (χ3n) is 8.25.